The highest BCUT2D eigenvalue weighted by atomic mass is 16.4. The van der Waals surface area contributed by atoms with Gasteiger partial charge in [-0.25, -0.2) is 0 Å². The number of aliphatic carboxylic acids is 1. The van der Waals surface area contributed by atoms with E-state index in [4.69, 9.17) is 5.11 Å². The van der Waals surface area contributed by atoms with Gasteiger partial charge in [-0.05, 0) is 26.2 Å². The van der Waals surface area contributed by atoms with Crippen LogP contribution in [0.1, 0.15) is 41.7 Å². The molecule has 0 aliphatic heterocycles. The molecule has 1 aromatic heterocycles. The van der Waals surface area contributed by atoms with Crippen LogP contribution < -0.4 is 5.32 Å². The second-order valence-electron chi connectivity index (χ2n) is 5.17. The molecule has 104 valence electrons. The lowest BCUT2D eigenvalue weighted by molar-refractivity contribution is -0.143. The van der Waals surface area contributed by atoms with E-state index >= 15 is 0 Å². The first-order valence-corrected chi connectivity index (χ1v) is 6.51. The molecular formula is C13H19N3O3. The number of nitrogens with zero attached hydrogens (tertiary/aromatic N) is 2. The quantitative estimate of drug-likeness (QED) is 0.857. The fraction of sp³-hybridized carbons (Fsp3) is 0.615. The fourth-order valence-corrected chi connectivity index (χ4v) is 2.63. The molecule has 0 aromatic carbocycles. The van der Waals surface area contributed by atoms with E-state index in [1.54, 1.807) is 24.9 Å². The van der Waals surface area contributed by atoms with Crippen molar-refractivity contribution in [2.24, 2.45) is 13.0 Å². The molecule has 6 nitrogen and oxygen atoms in total. The van der Waals surface area contributed by atoms with Crippen molar-refractivity contribution >= 4 is 11.9 Å². The molecule has 1 heterocycles. The summed E-state index contributed by atoms with van der Waals surface area (Å²) in [4.78, 5) is 23.1. The van der Waals surface area contributed by atoms with Gasteiger partial charge in [-0.1, -0.05) is 6.42 Å². The molecule has 2 rings (SSSR count). The summed E-state index contributed by atoms with van der Waals surface area (Å²) < 4.78 is 1.60. The molecule has 1 aliphatic carbocycles. The zero-order valence-corrected chi connectivity index (χ0v) is 11.2. The van der Waals surface area contributed by atoms with Gasteiger partial charge in [-0.3, -0.25) is 14.3 Å². The van der Waals surface area contributed by atoms with Crippen LogP contribution in [-0.2, 0) is 11.8 Å². The number of carboxylic acid groups (broad SMARTS) is 1. The maximum atomic E-state index is 12.1. The lowest BCUT2D eigenvalue weighted by Crippen LogP contribution is -2.40. The lowest BCUT2D eigenvalue weighted by Gasteiger charge is -2.27. The Bertz CT molecular complexity index is 495. The van der Waals surface area contributed by atoms with E-state index in [0.717, 1.165) is 12.8 Å². The maximum absolute atomic E-state index is 12.1. The van der Waals surface area contributed by atoms with Crippen molar-refractivity contribution in [3.8, 4) is 0 Å². The van der Waals surface area contributed by atoms with Gasteiger partial charge in [0, 0.05) is 19.3 Å². The third kappa shape index (κ3) is 3.13. The fourth-order valence-electron chi connectivity index (χ4n) is 2.63. The van der Waals surface area contributed by atoms with Crippen molar-refractivity contribution in [3.63, 3.8) is 0 Å². The predicted molar refractivity (Wildman–Crippen MR) is 68.8 cm³/mol. The smallest absolute Gasteiger partial charge is 0.306 e. The van der Waals surface area contributed by atoms with Crippen LogP contribution in [0, 0.1) is 12.8 Å². The van der Waals surface area contributed by atoms with Crippen LogP contribution in [0.2, 0.25) is 0 Å². The van der Waals surface area contributed by atoms with E-state index in [-0.39, 0.29) is 17.9 Å². The molecule has 0 spiro atoms. The first kappa shape index (κ1) is 13.6. The van der Waals surface area contributed by atoms with Crippen molar-refractivity contribution in [1.29, 1.82) is 0 Å². The van der Waals surface area contributed by atoms with Gasteiger partial charge in [0.25, 0.3) is 5.91 Å². The molecule has 2 N–H and O–H groups in total. The Kier molecular flexibility index (Phi) is 3.87. The summed E-state index contributed by atoms with van der Waals surface area (Å²) in [5.74, 6) is -1.27. The van der Waals surface area contributed by atoms with Crippen molar-refractivity contribution < 1.29 is 14.7 Å². The topological polar surface area (TPSA) is 84.2 Å². The number of carboxylic acids is 1. The summed E-state index contributed by atoms with van der Waals surface area (Å²) in [6.07, 6.45) is 4.58. The largest absolute Gasteiger partial charge is 0.481 e. The Labute approximate surface area is 111 Å². The van der Waals surface area contributed by atoms with Gasteiger partial charge >= 0.3 is 5.97 Å². The number of aryl methyl sites for hydroxylation is 2. The second-order valence-corrected chi connectivity index (χ2v) is 5.17. The summed E-state index contributed by atoms with van der Waals surface area (Å²) in [5.41, 5.74) is 1.24. The molecule has 0 saturated heterocycles. The van der Waals surface area contributed by atoms with Gasteiger partial charge in [-0.2, -0.15) is 5.10 Å². The first-order valence-electron chi connectivity index (χ1n) is 6.51. The predicted octanol–water partition coefficient (Wildman–Crippen LogP) is 1.10. The Morgan fingerprint density at radius 2 is 2.21 bits per heavy atom. The Morgan fingerprint density at radius 3 is 2.79 bits per heavy atom. The van der Waals surface area contributed by atoms with Crippen LogP contribution in [0.4, 0.5) is 0 Å². The van der Waals surface area contributed by atoms with E-state index < -0.39 is 5.97 Å². The number of rotatable bonds is 3. The average Bonchev–Trinajstić information content (AvgIpc) is 2.69. The molecular weight excluding hydrogens is 246 g/mol. The Balaban J connectivity index is 1.99. The van der Waals surface area contributed by atoms with Gasteiger partial charge < -0.3 is 10.4 Å². The third-order valence-corrected chi connectivity index (χ3v) is 3.62. The number of carbonyl (C=O) groups excluding carboxylic acids is 1. The SMILES string of the molecule is Cc1nn(C)cc1C(=O)NC1CCCC(C(=O)O)C1. The zero-order chi connectivity index (χ0) is 14.0. The van der Waals surface area contributed by atoms with Crippen molar-refractivity contribution in [1.82, 2.24) is 15.1 Å². The molecule has 1 aromatic rings. The standard InChI is InChI=1S/C13H19N3O3/c1-8-11(7-16(2)15-8)12(17)14-10-5-3-4-9(6-10)13(18)19/h7,9-10H,3-6H2,1-2H3,(H,14,17)(H,18,19). The van der Waals surface area contributed by atoms with Crippen LogP contribution >= 0.6 is 0 Å². The van der Waals surface area contributed by atoms with E-state index in [1.807, 2.05) is 0 Å². The minimum atomic E-state index is -0.767. The van der Waals surface area contributed by atoms with Crippen LogP contribution in [0.15, 0.2) is 6.20 Å². The van der Waals surface area contributed by atoms with E-state index in [9.17, 15) is 9.59 Å². The second kappa shape index (κ2) is 5.42. The van der Waals surface area contributed by atoms with Gasteiger partial charge in [0.05, 0.1) is 17.2 Å². The van der Waals surface area contributed by atoms with Crippen molar-refractivity contribution in [3.05, 3.63) is 17.5 Å². The highest BCUT2D eigenvalue weighted by Crippen LogP contribution is 2.24. The molecule has 1 fully saturated rings. The Morgan fingerprint density at radius 1 is 1.47 bits per heavy atom. The third-order valence-electron chi connectivity index (χ3n) is 3.62. The van der Waals surface area contributed by atoms with E-state index in [2.05, 4.69) is 10.4 Å². The van der Waals surface area contributed by atoms with Crippen LogP contribution in [0.5, 0.6) is 0 Å². The number of aromatic nitrogens is 2. The van der Waals surface area contributed by atoms with Crippen molar-refractivity contribution in [2.75, 3.05) is 0 Å². The summed E-state index contributed by atoms with van der Waals surface area (Å²) in [6.45, 7) is 1.79. The van der Waals surface area contributed by atoms with E-state index in [1.165, 1.54) is 0 Å². The minimum absolute atomic E-state index is 0.0537. The number of nitrogens with one attached hydrogen (secondary N) is 1. The maximum Gasteiger partial charge on any atom is 0.306 e. The molecule has 0 bridgehead atoms. The van der Waals surface area contributed by atoms with Crippen molar-refractivity contribution in [2.45, 2.75) is 38.6 Å². The molecule has 19 heavy (non-hydrogen) atoms. The number of amides is 1. The summed E-state index contributed by atoms with van der Waals surface area (Å²) in [6, 6.07) is -0.0537. The highest BCUT2D eigenvalue weighted by molar-refractivity contribution is 5.95. The molecule has 1 aliphatic rings. The molecule has 1 amide bonds. The average molecular weight is 265 g/mol. The minimum Gasteiger partial charge on any atom is -0.481 e. The first-order chi connectivity index (χ1) is 8.97. The van der Waals surface area contributed by atoms with Crippen LogP contribution in [0.25, 0.3) is 0 Å². The monoisotopic (exact) mass is 265 g/mol. The van der Waals surface area contributed by atoms with Crippen LogP contribution in [-0.4, -0.2) is 32.8 Å². The molecule has 0 radical (unpaired) electrons. The molecule has 2 unspecified atom stereocenters. The summed E-state index contributed by atoms with van der Waals surface area (Å²) in [7, 11) is 1.77. The Hall–Kier alpha value is -1.85. The highest BCUT2D eigenvalue weighted by Gasteiger charge is 2.28. The van der Waals surface area contributed by atoms with Gasteiger partial charge in [0.1, 0.15) is 0 Å². The molecule has 6 heteroatoms. The van der Waals surface area contributed by atoms with Crippen LogP contribution in [0.3, 0.4) is 0 Å². The van der Waals surface area contributed by atoms with E-state index in [0.29, 0.717) is 24.1 Å². The normalized spacial score (nSPS) is 23.1. The molecule has 1 saturated carbocycles. The summed E-state index contributed by atoms with van der Waals surface area (Å²) in [5, 5.41) is 16.1. The zero-order valence-electron chi connectivity index (χ0n) is 11.2. The van der Waals surface area contributed by atoms with Gasteiger partial charge in [0.15, 0.2) is 0 Å². The summed E-state index contributed by atoms with van der Waals surface area (Å²) >= 11 is 0. The van der Waals surface area contributed by atoms with Gasteiger partial charge in [-0.15, -0.1) is 0 Å². The number of hydrogen-bond donors (Lipinski definition) is 2. The number of carbonyl (C=O) groups is 2. The number of hydrogen-bond acceptors (Lipinski definition) is 3. The lowest BCUT2D eigenvalue weighted by atomic mass is 9.85. The van der Waals surface area contributed by atoms with Gasteiger partial charge in [0.2, 0.25) is 0 Å². The molecule has 2 atom stereocenters.